The lowest BCUT2D eigenvalue weighted by atomic mass is 9.95. The second-order valence-electron chi connectivity index (χ2n) is 10.2. The minimum atomic E-state index is -1.27. The molecule has 0 aliphatic carbocycles. The molecular weight excluding hydrogens is 422 g/mol. The normalized spacial score (nSPS) is 13.6. The number of benzene rings is 1. The van der Waals surface area contributed by atoms with Gasteiger partial charge in [0.05, 0.1) is 6.61 Å². The molecule has 0 aromatic heterocycles. The minimum absolute atomic E-state index is 0.315. The van der Waals surface area contributed by atoms with Crippen LogP contribution in [0.2, 0.25) is 0 Å². The van der Waals surface area contributed by atoms with E-state index in [1.54, 1.807) is 20.8 Å². The zero-order valence-corrected chi connectivity index (χ0v) is 21.3. The molecule has 0 fully saturated rings. The summed E-state index contributed by atoms with van der Waals surface area (Å²) in [5.41, 5.74) is 0.113. The van der Waals surface area contributed by atoms with Gasteiger partial charge in [0.1, 0.15) is 17.7 Å². The van der Waals surface area contributed by atoms with Gasteiger partial charge in [-0.15, -0.1) is 0 Å². The van der Waals surface area contributed by atoms with E-state index < -0.39 is 41.8 Å². The molecular formula is C25H41N3O5. The van der Waals surface area contributed by atoms with Crippen molar-refractivity contribution >= 4 is 17.9 Å². The highest BCUT2D eigenvalue weighted by Gasteiger charge is 2.41. The number of aryl methyl sites for hydroxylation is 1. The number of nitrogens with one attached hydrogen (secondary N) is 2. The molecule has 2 unspecified atom stereocenters. The van der Waals surface area contributed by atoms with Crippen molar-refractivity contribution in [3.8, 4) is 0 Å². The Morgan fingerprint density at radius 1 is 1.06 bits per heavy atom. The van der Waals surface area contributed by atoms with Gasteiger partial charge in [-0.3, -0.25) is 9.59 Å². The summed E-state index contributed by atoms with van der Waals surface area (Å²) in [6, 6.07) is 5.20. The number of aliphatic hydroxyl groups is 1. The Labute approximate surface area is 198 Å². The van der Waals surface area contributed by atoms with Crippen LogP contribution in [0.3, 0.4) is 0 Å². The number of nitrogens with zero attached hydrogens (tertiary/aromatic N) is 1. The van der Waals surface area contributed by atoms with Gasteiger partial charge in [0.15, 0.2) is 0 Å². The van der Waals surface area contributed by atoms with Crippen LogP contribution in [0.4, 0.5) is 4.79 Å². The number of hydrogen-bond donors (Lipinski definition) is 3. The summed E-state index contributed by atoms with van der Waals surface area (Å²) in [6.07, 6.45) is 0.919. The van der Waals surface area contributed by atoms with E-state index in [2.05, 4.69) is 10.6 Å². The van der Waals surface area contributed by atoms with E-state index in [1.807, 2.05) is 58.9 Å². The molecule has 1 aromatic rings. The fourth-order valence-electron chi connectivity index (χ4n) is 3.30. The number of carbonyl (C=O) groups excluding carboxylic acids is 3. The Hall–Kier alpha value is -2.61. The second-order valence-corrected chi connectivity index (χ2v) is 10.2. The summed E-state index contributed by atoms with van der Waals surface area (Å²) in [6.45, 7) is 14.4. The number of ether oxygens (including phenoxy) is 1. The molecule has 3 amide bonds. The van der Waals surface area contributed by atoms with Crippen molar-refractivity contribution in [3.63, 3.8) is 0 Å². The highest BCUT2D eigenvalue weighted by atomic mass is 16.6. The molecule has 3 N–H and O–H groups in total. The van der Waals surface area contributed by atoms with Crippen molar-refractivity contribution in [2.24, 2.45) is 0 Å². The molecule has 0 aliphatic rings. The van der Waals surface area contributed by atoms with Gasteiger partial charge in [-0.1, -0.05) is 43.2 Å². The van der Waals surface area contributed by atoms with E-state index in [4.69, 9.17) is 4.74 Å². The van der Waals surface area contributed by atoms with Gasteiger partial charge >= 0.3 is 6.09 Å². The van der Waals surface area contributed by atoms with Crippen LogP contribution in [0.5, 0.6) is 0 Å². The highest BCUT2D eigenvalue weighted by molar-refractivity contribution is 5.92. The first-order valence-corrected chi connectivity index (χ1v) is 11.5. The third-order valence-electron chi connectivity index (χ3n) is 4.86. The van der Waals surface area contributed by atoms with E-state index >= 15 is 0 Å². The van der Waals surface area contributed by atoms with Crippen LogP contribution in [-0.2, 0) is 14.3 Å². The molecule has 0 radical (unpaired) electrons. The molecule has 1 aromatic carbocycles. The van der Waals surface area contributed by atoms with Crippen LogP contribution >= 0.6 is 0 Å². The Morgan fingerprint density at radius 3 is 2.09 bits per heavy atom. The van der Waals surface area contributed by atoms with E-state index in [9.17, 15) is 19.5 Å². The Balaban J connectivity index is 3.38. The van der Waals surface area contributed by atoms with E-state index in [0.717, 1.165) is 18.4 Å². The summed E-state index contributed by atoms with van der Waals surface area (Å²) in [5, 5.41) is 15.3. The largest absolute Gasteiger partial charge is 0.444 e. The van der Waals surface area contributed by atoms with Gasteiger partial charge in [0.2, 0.25) is 11.8 Å². The standard InChI is InChI=1S/C25H41N3O5/c1-9-10-15-26-21(30)20(18-13-11-17(2)12-14-18)28(24(3,4)5)22(31)19(16-29)27-23(32)33-25(6,7)8/h11-14,19-20,29H,9-10,15-16H2,1-8H3,(H,26,30)(H,27,32). The van der Waals surface area contributed by atoms with Crippen LogP contribution in [-0.4, -0.2) is 58.2 Å². The van der Waals surface area contributed by atoms with Crippen molar-refractivity contribution in [2.75, 3.05) is 13.2 Å². The molecule has 0 bridgehead atoms. The van der Waals surface area contributed by atoms with Crippen molar-refractivity contribution in [3.05, 3.63) is 35.4 Å². The first-order valence-electron chi connectivity index (χ1n) is 11.5. The predicted octanol–water partition coefficient (Wildman–Crippen LogP) is 3.47. The van der Waals surface area contributed by atoms with Crippen LogP contribution in [0.15, 0.2) is 24.3 Å². The van der Waals surface area contributed by atoms with Gasteiger partial charge < -0.3 is 25.4 Å². The van der Waals surface area contributed by atoms with Crippen LogP contribution in [0, 0.1) is 6.92 Å². The highest BCUT2D eigenvalue weighted by Crippen LogP contribution is 2.30. The lowest BCUT2D eigenvalue weighted by Gasteiger charge is -2.42. The Kier molecular flexibility index (Phi) is 10.4. The SMILES string of the molecule is CCCCNC(=O)C(c1ccc(C)cc1)N(C(=O)C(CO)NC(=O)OC(C)(C)C)C(C)(C)C. The van der Waals surface area contributed by atoms with Crippen molar-refractivity contribution < 1.29 is 24.2 Å². The molecule has 0 saturated carbocycles. The first-order chi connectivity index (χ1) is 15.2. The smallest absolute Gasteiger partial charge is 0.408 e. The summed E-state index contributed by atoms with van der Waals surface area (Å²) in [5.74, 6) is -0.892. The van der Waals surface area contributed by atoms with Crippen molar-refractivity contribution in [1.29, 1.82) is 0 Å². The summed E-state index contributed by atoms with van der Waals surface area (Å²) in [4.78, 5) is 40.7. The molecule has 1 rings (SSSR count). The van der Waals surface area contributed by atoms with Gasteiger partial charge in [-0.05, 0) is 60.5 Å². The van der Waals surface area contributed by atoms with Crippen LogP contribution < -0.4 is 10.6 Å². The maximum atomic E-state index is 13.7. The number of amides is 3. The molecule has 0 saturated heterocycles. The summed E-state index contributed by atoms with van der Waals surface area (Å²) in [7, 11) is 0. The zero-order valence-electron chi connectivity index (χ0n) is 21.3. The molecule has 0 heterocycles. The topological polar surface area (TPSA) is 108 Å². The number of hydrogen-bond acceptors (Lipinski definition) is 5. The minimum Gasteiger partial charge on any atom is -0.444 e. The Bertz CT molecular complexity index is 794. The number of unbranched alkanes of at least 4 members (excludes halogenated alkanes) is 1. The number of aliphatic hydroxyl groups excluding tert-OH is 1. The predicted molar refractivity (Wildman–Crippen MR) is 129 cm³/mol. The lowest BCUT2D eigenvalue weighted by Crippen LogP contribution is -2.59. The van der Waals surface area contributed by atoms with Gasteiger partial charge in [0.25, 0.3) is 0 Å². The average Bonchev–Trinajstić information content (AvgIpc) is 2.68. The van der Waals surface area contributed by atoms with E-state index in [0.29, 0.717) is 12.1 Å². The third kappa shape index (κ3) is 9.04. The van der Waals surface area contributed by atoms with Gasteiger partial charge in [0, 0.05) is 12.1 Å². The van der Waals surface area contributed by atoms with Crippen LogP contribution in [0.25, 0.3) is 0 Å². The quantitative estimate of drug-likeness (QED) is 0.486. The van der Waals surface area contributed by atoms with E-state index in [-0.39, 0.29) is 5.91 Å². The molecule has 0 aliphatic heterocycles. The monoisotopic (exact) mass is 463 g/mol. The maximum Gasteiger partial charge on any atom is 0.408 e. The first kappa shape index (κ1) is 28.4. The summed E-state index contributed by atoms with van der Waals surface area (Å²) < 4.78 is 5.25. The Morgan fingerprint density at radius 2 is 1.64 bits per heavy atom. The van der Waals surface area contributed by atoms with Crippen LogP contribution in [0.1, 0.15) is 78.5 Å². The third-order valence-corrected chi connectivity index (χ3v) is 4.86. The molecule has 186 valence electrons. The molecule has 2 atom stereocenters. The second kappa shape index (κ2) is 12.0. The molecule has 33 heavy (non-hydrogen) atoms. The zero-order chi connectivity index (χ0) is 25.4. The number of carbonyl (C=O) groups is 3. The summed E-state index contributed by atoms with van der Waals surface area (Å²) >= 11 is 0. The average molecular weight is 464 g/mol. The number of rotatable bonds is 9. The molecule has 0 spiro atoms. The maximum absolute atomic E-state index is 13.7. The van der Waals surface area contributed by atoms with Gasteiger partial charge in [-0.25, -0.2) is 4.79 Å². The van der Waals surface area contributed by atoms with E-state index in [1.165, 1.54) is 4.90 Å². The fraction of sp³-hybridized carbons (Fsp3) is 0.640. The fourth-order valence-corrected chi connectivity index (χ4v) is 3.30. The lowest BCUT2D eigenvalue weighted by molar-refractivity contribution is -0.149. The van der Waals surface area contributed by atoms with Crippen molar-refractivity contribution in [2.45, 2.75) is 91.5 Å². The molecule has 8 nitrogen and oxygen atoms in total. The molecule has 8 heteroatoms. The van der Waals surface area contributed by atoms with Crippen molar-refractivity contribution in [1.82, 2.24) is 15.5 Å². The van der Waals surface area contributed by atoms with Gasteiger partial charge in [-0.2, -0.15) is 0 Å². The number of alkyl carbamates (subject to hydrolysis) is 1.